The number of aromatic nitrogens is 2. The molecule has 5 rings (SSSR count). The summed E-state index contributed by atoms with van der Waals surface area (Å²) in [5.74, 6) is -0.0574. The van der Waals surface area contributed by atoms with E-state index in [0.29, 0.717) is 24.4 Å². The quantitative estimate of drug-likeness (QED) is 0.200. The number of hydrogen-bond acceptors (Lipinski definition) is 4. The Labute approximate surface area is 229 Å². The van der Waals surface area contributed by atoms with Crippen LogP contribution >= 0.6 is 0 Å². The third-order valence-electron chi connectivity index (χ3n) is 6.82. The predicted molar refractivity (Wildman–Crippen MR) is 146 cm³/mol. The Morgan fingerprint density at radius 2 is 1.80 bits per heavy atom. The number of para-hydroxylation sites is 1. The van der Waals surface area contributed by atoms with E-state index in [9.17, 15) is 18.0 Å². The number of amides is 1. The summed E-state index contributed by atoms with van der Waals surface area (Å²) in [4.78, 5) is 22.4. The van der Waals surface area contributed by atoms with E-state index >= 15 is 0 Å². The lowest BCUT2D eigenvalue weighted by molar-refractivity contribution is -0.137. The first-order valence-corrected chi connectivity index (χ1v) is 13.0. The molecule has 0 unspecified atom stereocenters. The minimum absolute atomic E-state index is 0.147. The summed E-state index contributed by atoms with van der Waals surface area (Å²) >= 11 is 0. The number of nitrogens with zero attached hydrogens (tertiary/aromatic N) is 2. The summed E-state index contributed by atoms with van der Waals surface area (Å²) < 4.78 is 45.6. The van der Waals surface area contributed by atoms with E-state index in [1.54, 1.807) is 6.07 Å². The van der Waals surface area contributed by atoms with Crippen LogP contribution in [0.4, 0.5) is 13.2 Å². The van der Waals surface area contributed by atoms with Gasteiger partial charge in [0, 0.05) is 30.2 Å². The molecule has 0 radical (unpaired) electrons. The molecule has 3 aromatic carbocycles. The minimum Gasteiger partial charge on any atom is -0.447 e. The Bertz CT molecular complexity index is 1580. The highest BCUT2D eigenvalue weighted by molar-refractivity contribution is 5.92. The van der Waals surface area contributed by atoms with Crippen molar-refractivity contribution in [1.82, 2.24) is 20.2 Å². The lowest BCUT2D eigenvalue weighted by Gasteiger charge is -2.21. The Balaban J connectivity index is 1.31. The zero-order valence-electron chi connectivity index (χ0n) is 21.9. The van der Waals surface area contributed by atoms with E-state index in [4.69, 9.17) is 4.42 Å². The van der Waals surface area contributed by atoms with Gasteiger partial charge in [-0.2, -0.15) is 13.2 Å². The molecule has 0 aliphatic rings. The number of carbonyl (C=O) groups excluding carboxylic acids is 1. The van der Waals surface area contributed by atoms with Gasteiger partial charge in [-0.3, -0.25) is 9.69 Å². The van der Waals surface area contributed by atoms with Gasteiger partial charge < -0.3 is 14.7 Å². The molecule has 0 saturated carbocycles. The van der Waals surface area contributed by atoms with Crippen molar-refractivity contribution in [3.63, 3.8) is 0 Å². The molecule has 5 aromatic rings. The van der Waals surface area contributed by atoms with Crippen molar-refractivity contribution in [2.45, 2.75) is 38.7 Å². The molecule has 0 saturated heterocycles. The van der Waals surface area contributed by atoms with Gasteiger partial charge in [0.25, 0.3) is 5.91 Å². The van der Waals surface area contributed by atoms with Crippen LogP contribution in [0.25, 0.3) is 10.9 Å². The zero-order valence-corrected chi connectivity index (χ0v) is 21.9. The van der Waals surface area contributed by atoms with Gasteiger partial charge in [0.05, 0.1) is 18.2 Å². The maximum atomic E-state index is 13.3. The Morgan fingerprint density at radius 1 is 1.02 bits per heavy atom. The van der Waals surface area contributed by atoms with Crippen LogP contribution in [0.2, 0.25) is 0 Å². The van der Waals surface area contributed by atoms with Gasteiger partial charge in [0.2, 0.25) is 5.89 Å². The Morgan fingerprint density at radius 3 is 2.60 bits per heavy atom. The normalized spacial score (nSPS) is 12.6. The molecule has 2 N–H and O–H groups in total. The average molecular weight is 547 g/mol. The summed E-state index contributed by atoms with van der Waals surface area (Å²) in [6.45, 7) is 2.89. The number of aromatic amines is 1. The second kappa shape index (κ2) is 11.8. The maximum absolute atomic E-state index is 13.3. The fourth-order valence-electron chi connectivity index (χ4n) is 4.71. The van der Waals surface area contributed by atoms with E-state index in [-0.39, 0.29) is 30.7 Å². The Kier molecular flexibility index (Phi) is 8.02. The first-order valence-electron chi connectivity index (χ1n) is 13.0. The van der Waals surface area contributed by atoms with E-state index < -0.39 is 11.7 Å². The monoisotopic (exact) mass is 546 g/mol. The van der Waals surface area contributed by atoms with E-state index in [1.807, 2.05) is 72.6 Å². The summed E-state index contributed by atoms with van der Waals surface area (Å²) in [5, 5.41) is 4.02. The lowest BCUT2D eigenvalue weighted by atomic mass is 10.1. The topological polar surface area (TPSA) is 74.2 Å². The molecule has 0 bridgehead atoms. The lowest BCUT2D eigenvalue weighted by Crippen LogP contribution is -2.27. The standard InChI is InChI=1S/C31H29F3N4O2/c1-21(23-9-3-2-4-10-23)36-30(39)28-20-40-29(37-28)19-38(18-22-8-7-11-25(16-22)31(32,33)34)15-14-24-17-35-27-13-6-5-12-26(24)27/h2-13,16-17,20-21,35H,14-15,18-19H2,1H3,(H,36,39)/t21-/m0/s1. The number of halogens is 3. The number of fused-ring (bicyclic) bond motifs is 1. The fraction of sp³-hybridized carbons (Fsp3) is 0.226. The second-order valence-corrected chi connectivity index (χ2v) is 9.75. The third kappa shape index (κ3) is 6.60. The number of nitrogens with one attached hydrogen (secondary N) is 2. The molecule has 6 nitrogen and oxygen atoms in total. The van der Waals surface area contributed by atoms with Gasteiger partial charge >= 0.3 is 6.18 Å². The molecule has 2 heterocycles. The van der Waals surface area contributed by atoms with Gasteiger partial charge in [-0.05, 0) is 42.2 Å². The van der Waals surface area contributed by atoms with Gasteiger partial charge in [0.1, 0.15) is 6.26 Å². The van der Waals surface area contributed by atoms with Crippen molar-refractivity contribution in [3.05, 3.63) is 125 Å². The number of hydrogen-bond donors (Lipinski definition) is 2. The molecule has 206 valence electrons. The largest absolute Gasteiger partial charge is 0.447 e. The highest BCUT2D eigenvalue weighted by Gasteiger charge is 2.30. The maximum Gasteiger partial charge on any atom is 0.416 e. The van der Waals surface area contributed by atoms with E-state index in [1.165, 1.54) is 12.3 Å². The highest BCUT2D eigenvalue weighted by atomic mass is 19.4. The minimum atomic E-state index is -4.42. The number of benzene rings is 3. The number of oxazole rings is 1. The van der Waals surface area contributed by atoms with Crippen molar-refractivity contribution in [2.75, 3.05) is 6.54 Å². The SMILES string of the molecule is C[C@H](NC(=O)c1coc(CN(CCc2c[nH]c3ccccc23)Cc2cccc(C(F)(F)F)c2)n1)c1ccccc1. The van der Waals surface area contributed by atoms with Gasteiger partial charge in [-0.15, -0.1) is 0 Å². The number of rotatable bonds is 10. The van der Waals surface area contributed by atoms with E-state index in [0.717, 1.165) is 34.2 Å². The zero-order chi connectivity index (χ0) is 28.1. The molecule has 0 spiro atoms. The van der Waals surface area contributed by atoms with Gasteiger partial charge in [0.15, 0.2) is 5.69 Å². The van der Waals surface area contributed by atoms with Crippen LogP contribution in [-0.2, 0) is 25.7 Å². The molecule has 0 aliphatic heterocycles. The van der Waals surface area contributed by atoms with Crippen LogP contribution < -0.4 is 5.32 Å². The summed E-state index contributed by atoms with van der Waals surface area (Å²) in [5.41, 5.74) is 3.07. The van der Waals surface area contributed by atoms with Crippen LogP contribution in [0.5, 0.6) is 0 Å². The molecule has 2 aromatic heterocycles. The summed E-state index contributed by atoms with van der Waals surface area (Å²) in [6.07, 6.45) is -0.503. The average Bonchev–Trinajstić information content (AvgIpc) is 3.59. The smallest absolute Gasteiger partial charge is 0.416 e. The summed E-state index contributed by atoms with van der Waals surface area (Å²) in [6, 6.07) is 22.6. The van der Waals surface area contributed by atoms with Crippen LogP contribution in [0.3, 0.4) is 0 Å². The second-order valence-electron chi connectivity index (χ2n) is 9.75. The van der Waals surface area contributed by atoms with E-state index in [2.05, 4.69) is 15.3 Å². The molecule has 0 fully saturated rings. The molecular weight excluding hydrogens is 517 g/mol. The van der Waals surface area contributed by atoms with Gasteiger partial charge in [-0.1, -0.05) is 66.7 Å². The number of H-pyrrole nitrogens is 1. The van der Waals surface area contributed by atoms with Crippen LogP contribution in [-0.4, -0.2) is 27.3 Å². The Hall–Kier alpha value is -4.37. The molecule has 40 heavy (non-hydrogen) atoms. The van der Waals surface area contributed by atoms with Crippen molar-refractivity contribution in [3.8, 4) is 0 Å². The molecule has 1 atom stereocenters. The summed E-state index contributed by atoms with van der Waals surface area (Å²) in [7, 11) is 0. The van der Waals surface area contributed by atoms with Crippen LogP contribution in [0.15, 0.2) is 95.7 Å². The van der Waals surface area contributed by atoms with Crippen molar-refractivity contribution >= 4 is 16.8 Å². The van der Waals surface area contributed by atoms with Crippen LogP contribution in [0, 0.1) is 0 Å². The first-order chi connectivity index (χ1) is 19.3. The molecule has 0 aliphatic carbocycles. The fourth-order valence-corrected chi connectivity index (χ4v) is 4.71. The number of alkyl halides is 3. The highest BCUT2D eigenvalue weighted by Crippen LogP contribution is 2.30. The first kappa shape index (κ1) is 27.2. The third-order valence-corrected chi connectivity index (χ3v) is 6.82. The van der Waals surface area contributed by atoms with Crippen molar-refractivity contribution in [2.24, 2.45) is 0 Å². The molecular formula is C31H29F3N4O2. The van der Waals surface area contributed by atoms with Crippen molar-refractivity contribution < 1.29 is 22.4 Å². The number of carbonyl (C=O) groups is 1. The van der Waals surface area contributed by atoms with Gasteiger partial charge in [-0.25, -0.2) is 4.98 Å². The van der Waals surface area contributed by atoms with Crippen LogP contribution in [0.1, 0.15) is 51.6 Å². The molecule has 1 amide bonds. The predicted octanol–water partition coefficient (Wildman–Crippen LogP) is 6.91. The van der Waals surface area contributed by atoms with Crippen molar-refractivity contribution in [1.29, 1.82) is 0 Å². The molecule has 9 heteroatoms.